The number of aromatic nitrogens is 1. The smallest absolute Gasteiger partial charge is 0.167 e. The van der Waals surface area contributed by atoms with Crippen LogP contribution >= 0.6 is 0 Å². The highest BCUT2D eigenvalue weighted by atomic mass is 32.2. The van der Waals surface area contributed by atoms with Crippen LogP contribution in [0.2, 0.25) is 0 Å². The van der Waals surface area contributed by atoms with E-state index in [0.717, 1.165) is 16.7 Å². The van der Waals surface area contributed by atoms with Crippen LogP contribution in [0.15, 0.2) is 65.2 Å². The first kappa shape index (κ1) is 15.5. The van der Waals surface area contributed by atoms with E-state index in [4.69, 9.17) is 4.52 Å². The molecule has 0 aliphatic carbocycles. The maximum Gasteiger partial charge on any atom is 0.167 e. The van der Waals surface area contributed by atoms with Crippen molar-refractivity contribution in [2.24, 2.45) is 0 Å². The van der Waals surface area contributed by atoms with Gasteiger partial charge in [0.1, 0.15) is 0 Å². The molecule has 0 radical (unpaired) electrons. The highest BCUT2D eigenvalue weighted by Gasteiger charge is 2.17. The molecule has 0 spiro atoms. The second-order valence-corrected chi connectivity index (χ2v) is 7.63. The molecule has 3 rings (SSSR count). The molecule has 1 aromatic heterocycles. The predicted molar refractivity (Wildman–Crippen MR) is 89.4 cm³/mol. The van der Waals surface area contributed by atoms with Crippen molar-refractivity contribution in [1.29, 1.82) is 0 Å². The van der Waals surface area contributed by atoms with E-state index in [-0.39, 0.29) is 11.5 Å². The Morgan fingerprint density at radius 3 is 2.35 bits per heavy atom. The molecule has 0 saturated carbocycles. The molecule has 0 unspecified atom stereocenters. The molecule has 0 aliphatic rings. The molecule has 118 valence electrons. The van der Waals surface area contributed by atoms with Crippen LogP contribution in [0, 0.1) is 6.92 Å². The van der Waals surface area contributed by atoms with Gasteiger partial charge in [-0.2, -0.15) is 0 Å². The van der Waals surface area contributed by atoms with E-state index in [1.807, 2.05) is 61.5 Å². The lowest BCUT2D eigenvalue weighted by molar-refractivity contribution is 0.425. The molecule has 0 aliphatic heterocycles. The maximum atomic E-state index is 12.3. The molecule has 0 N–H and O–H groups in total. The molecule has 0 amide bonds. The van der Waals surface area contributed by atoms with E-state index in [1.165, 1.54) is 0 Å². The van der Waals surface area contributed by atoms with Gasteiger partial charge in [0.05, 0.1) is 17.2 Å². The first-order valence-corrected chi connectivity index (χ1v) is 9.11. The number of rotatable bonds is 5. The zero-order valence-corrected chi connectivity index (χ0v) is 13.6. The van der Waals surface area contributed by atoms with Crippen LogP contribution in [0.3, 0.4) is 0 Å². The molecule has 5 heteroatoms. The highest BCUT2D eigenvalue weighted by Crippen LogP contribution is 2.21. The summed E-state index contributed by atoms with van der Waals surface area (Å²) in [6.07, 6.45) is 0. The lowest BCUT2D eigenvalue weighted by Gasteiger charge is -2.03. The van der Waals surface area contributed by atoms with Crippen LogP contribution in [-0.2, 0) is 21.3 Å². The lowest BCUT2D eigenvalue weighted by Crippen LogP contribution is -2.07. The fourth-order valence-corrected chi connectivity index (χ4v) is 3.72. The van der Waals surface area contributed by atoms with Crippen LogP contribution in [0.5, 0.6) is 0 Å². The van der Waals surface area contributed by atoms with Gasteiger partial charge in [0.25, 0.3) is 0 Å². The average molecular weight is 327 g/mol. The molecule has 0 saturated heterocycles. The van der Waals surface area contributed by atoms with Gasteiger partial charge in [0.15, 0.2) is 15.6 Å². The molecule has 3 aromatic rings. The van der Waals surface area contributed by atoms with Gasteiger partial charge in [-0.15, -0.1) is 0 Å². The Labute approximate surface area is 135 Å². The van der Waals surface area contributed by atoms with Crippen LogP contribution in [0.4, 0.5) is 0 Å². The monoisotopic (exact) mass is 327 g/mol. The summed E-state index contributed by atoms with van der Waals surface area (Å²) in [4.78, 5) is 0. The molecule has 1 heterocycles. The Hall–Kier alpha value is -2.40. The van der Waals surface area contributed by atoms with Crippen molar-refractivity contribution in [2.45, 2.75) is 18.4 Å². The van der Waals surface area contributed by atoms with Crippen LogP contribution < -0.4 is 0 Å². The molecule has 23 heavy (non-hydrogen) atoms. The molecule has 2 aromatic carbocycles. The van der Waals surface area contributed by atoms with E-state index in [9.17, 15) is 8.42 Å². The van der Waals surface area contributed by atoms with E-state index in [0.29, 0.717) is 11.5 Å². The number of nitrogens with zero attached hydrogens (tertiary/aromatic N) is 1. The van der Waals surface area contributed by atoms with Gasteiger partial charge in [0.2, 0.25) is 0 Å². The Morgan fingerprint density at radius 2 is 1.65 bits per heavy atom. The number of hydrogen-bond donors (Lipinski definition) is 0. The number of benzene rings is 2. The van der Waals surface area contributed by atoms with Crippen LogP contribution in [0.1, 0.15) is 16.8 Å². The van der Waals surface area contributed by atoms with E-state index < -0.39 is 9.84 Å². The van der Waals surface area contributed by atoms with E-state index >= 15 is 0 Å². The van der Waals surface area contributed by atoms with Gasteiger partial charge >= 0.3 is 0 Å². The normalized spacial score (nSPS) is 11.5. The summed E-state index contributed by atoms with van der Waals surface area (Å²) in [5.74, 6) is 0.448. The predicted octanol–water partition coefficient (Wildman–Crippen LogP) is 3.77. The Bertz CT molecular complexity index is 882. The van der Waals surface area contributed by atoms with Gasteiger partial charge < -0.3 is 4.52 Å². The largest absolute Gasteiger partial charge is 0.356 e. The fourth-order valence-electron chi connectivity index (χ4n) is 2.33. The van der Waals surface area contributed by atoms with Crippen molar-refractivity contribution >= 4 is 9.84 Å². The van der Waals surface area contributed by atoms with Gasteiger partial charge in [-0.1, -0.05) is 65.3 Å². The summed E-state index contributed by atoms with van der Waals surface area (Å²) in [7, 11) is -3.29. The van der Waals surface area contributed by atoms with Crippen molar-refractivity contribution in [3.8, 4) is 11.3 Å². The second-order valence-electron chi connectivity index (χ2n) is 5.57. The van der Waals surface area contributed by atoms with Gasteiger partial charge in [-0.25, -0.2) is 8.42 Å². The van der Waals surface area contributed by atoms with Crippen LogP contribution in [0.25, 0.3) is 11.3 Å². The molecular weight excluding hydrogens is 310 g/mol. The highest BCUT2D eigenvalue weighted by molar-refractivity contribution is 7.89. The van der Waals surface area contributed by atoms with Crippen molar-refractivity contribution in [3.05, 3.63) is 77.5 Å². The van der Waals surface area contributed by atoms with Gasteiger partial charge in [-0.05, 0) is 12.5 Å². The van der Waals surface area contributed by atoms with E-state index in [1.54, 1.807) is 6.07 Å². The second kappa shape index (κ2) is 6.38. The third-order valence-corrected chi connectivity index (χ3v) is 5.00. The molecular formula is C18H17NO3S. The number of sulfone groups is 1. The topological polar surface area (TPSA) is 60.2 Å². The first-order valence-electron chi connectivity index (χ1n) is 7.29. The molecule has 4 nitrogen and oxygen atoms in total. The first-order chi connectivity index (χ1) is 11.0. The Balaban J connectivity index is 1.73. The molecule has 0 atom stereocenters. The lowest BCUT2D eigenvalue weighted by atomic mass is 10.2. The van der Waals surface area contributed by atoms with Crippen molar-refractivity contribution < 1.29 is 12.9 Å². The van der Waals surface area contributed by atoms with Crippen LogP contribution in [-0.4, -0.2) is 13.6 Å². The van der Waals surface area contributed by atoms with Crippen molar-refractivity contribution in [1.82, 2.24) is 5.16 Å². The van der Waals surface area contributed by atoms with Crippen molar-refractivity contribution in [2.75, 3.05) is 0 Å². The van der Waals surface area contributed by atoms with Crippen molar-refractivity contribution in [3.63, 3.8) is 0 Å². The summed E-state index contributed by atoms with van der Waals surface area (Å²) in [5, 5.41) is 3.88. The molecule has 0 fully saturated rings. The number of aryl methyl sites for hydroxylation is 1. The van der Waals surface area contributed by atoms with Gasteiger partial charge in [-0.3, -0.25) is 0 Å². The number of hydrogen-bond acceptors (Lipinski definition) is 4. The van der Waals surface area contributed by atoms with Gasteiger partial charge in [0, 0.05) is 11.6 Å². The molecule has 0 bridgehead atoms. The summed E-state index contributed by atoms with van der Waals surface area (Å²) in [6, 6.07) is 18.7. The minimum Gasteiger partial charge on any atom is -0.356 e. The summed E-state index contributed by atoms with van der Waals surface area (Å²) >= 11 is 0. The minimum atomic E-state index is -3.29. The Kier molecular flexibility index (Phi) is 4.30. The van der Waals surface area contributed by atoms with E-state index in [2.05, 4.69) is 5.16 Å². The minimum absolute atomic E-state index is 0.000804. The average Bonchev–Trinajstić information content (AvgIpc) is 2.98. The summed E-state index contributed by atoms with van der Waals surface area (Å²) < 4.78 is 29.9. The fraction of sp³-hybridized carbons (Fsp3) is 0.167. The summed E-state index contributed by atoms with van der Waals surface area (Å²) in [6.45, 7) is 1.97. The zero-order chi connectivity index (χ0) is 16.3. The standard InChI is InChI=1S/C18H17NO3S/c1-14-7-9-15(10-8-14)12-23(20,21)13-17-11-18(22-19-17)16-5-3-2-4-6-16/h2-11H,12-13H2,1H3. The SMILES string of the molecule is Cc1ccc(CS(=O)(=O)Cc2cc(-c3ccccc3)on2)cc1. The zero-order valence-electron chi connectivity index (χ0n) is 12.8. The third kappa shape index (κ3) is 4.07. The third-order valence-electron chi connectivity index (χ3n) is 3.49. The Morgan fingerprint density at radius 1 is 0.957 bits per heavy atom. The maximum absolute atomic E-state index is 12.3. The quantitative estimate of drug-likeness (QED) is 0.716. The summed E-state index contributed by atoms with van der Waals surface area (Å²) in [5.41, 5.74) is 3.19.